The summed E-state index contributed by atoms with van der Waals surface area (Å²) < 4.78 is 10.5. The molecule has 1 aromatic carbocycles. The second kappa shape index (κ2) is 4.17. The fraction of sp³-hybridized carbons (Fsp3) is 0.462. The molecule has 5 heteroatoms. The minimum Gasteiger partial charge on any atom is -0.454 e. The monoisotopic (exact) mass is 248 g/mol. The molecule has 0 atom stereocenters. The molecular formula is C13H16N2O3. The molecule has 1 saturated carbocycles. The van der Waals surface area contributed by atoms with Crippen molar-refractivity contribution in [1.29, 1.82) is 0 Å². The van der Waals surface area contributed by atoms with Crippen molar-refractivity contribution >= 4 is 11.6 Å². The van der Waals surface area contributed by atoms with Crippen LogP contribution >= 0.6 is 0 Å². The van der Waals surface area contributed by atoms with E-state index in [0.29, 0.717) is 17.2 Å². The van der Waals surface area contributed by atoms with Gasteiger partial charge in [0.05, 0.1) is 5.54 Å². The van der Waals surface area contributed by atoms with E-state index in [1.807, 2.05) is 0 Å². The van der Waals surface area contributed by atoms with Crippen LogP contribution in [0.4, 0.5) is 5.69 Å². The Balaban J connectivity index is 1.74. The highest BCUT2D eigenvalue weighted by atomic mass is 16.7. The van der Waals surface area contributed by atoms with Gasteiger partial charge < -0.3 is 20.5 Å². The van der Waals surface area contributed by atoms with Crippen LogP contribution in [-0.4, -0.2) is 18.2 Å². The molecular weight excluding hydrogens is 232 g/mol. The third-order valence-corrected chi connectivity index (χ3v) is 3.58. The van der Waals surface area contributed by atoms with Crippen molar-refractivity contribution in [2.24, 2.45) is 5.73 Å². The maximum atomic E-state index is 12.1. The lowest BCUT2D eigenvalue weighted by atomic mass is 9.98. The molecule has 3 N–H and O–H groups in total. The van der Waals surface area contributed by atoms with Crippen molar-refractivity contribution < 1.29 is 14.3 Å². The lowest BCUT2D eigenvalue weighted by Crippen LogP contribution is -2.48. The molecule has 0 radical (unpaired) electrons. The Bertz CT molecular complexity index is 481. The lowest BCUT2D eigenvalue weighted by Gasteiger charge is -2.22. The summed E-state index contributed by atoms with van der Waals surface area (Å²) >= 11 is 0. The minimum atomic E-state index is -0.712. The molecule has 3 rings (SSSR count). The lowest BCUT2D eigenvalue weighted by molar-refractivity contribution is -0.121. The van der Waals surface area contributed by atoms with Gasteiger partial charge in [0.25, 0.3) is 0 Å². The van der Waals surface area contributed by atoms with Gasteiger partial charge in [0, 0.05) is 11.8 Å². The van der Waals surface area contributed by atoms with Gasteiger partial charge in [0.2, 0.25) is 12.7 Å². The van der Waals surface area contributed by atoms with Gasteiger partial charge in [-0.2, -0.15) is 0 Å². The fourth-order valence-corrected chi connectivity index (χ4v) is 2.46. The van der Waals surface area contributed by atoms with Gasteiger partial charge in [-0.1, -0.05) is 12.8 Å². The van der Waals surface area contributed by atoms with Crippen LogP contribution in [0.25, 0.3) is 0 Å². The Hall–Kier alpha value is -1.75. The number of rotatable bonds is 2. The Morgan fingerprint density at radius 3 is 2.72 bits per heavy atom. The summed E-state index contributed by atoms with van der Waals surface area (Å²) in [7, 11) is 0. The summed E-state index contributed by atoms with van der Waals surface area (Å²) in [5, 5.41) is 2.85. The molecule has 0 unspecified atom stereocenters. The number of benzene rings is 1. The molecule has 2 aliphatic rings. The van der Waals surface area contributed by atoms with E-state index in [4.69, 9.17) is 15.2 Å². The zero-order valence-electron chi connectivity index (χ0n) is 10.1. The summed E-state index contributed by atoms with van der Waals surface area (Å²) in [5.41, 5.74) is 6.08. The van der Waals surface area contributed by atoms with Gasteiger partial charge >= 0.3 is 0 Å². The van der Waals surface area contributed by atoms with Crippen LogP contribution in [0.3, 0.4) is 0 Å². The number of carbonyl (C=O) groups is 1. The van der Waals surface area contributed by atoms with Gasteiger partial charge in [0.15, 0.2) is 11.5 Å². The molecule has 1 amide bonds. The summed E-state index contributed by atoms with van der Waals surface area (Å²) in [4.78, 5) is 12.1. The van der Waals surface area contributed by atoms with Crippen molar-refractivity contribution in [3.05, 3.63) is 18.2 Å². The molecule has 18 heavy (non-hydrogen) atoms. The van der Waals surface area contributed by atoms with E-state index in [1.165, 1.54) is 0 Å². The zero-order chi connectivity index (χ0) is 12.6. The summed E-state index contributed by atoms with van der Waals surface area (Å²) in [5.74, 6) is 1.25. The van der Waals surface area contributed by atoms with Gasteiger partial charge in [0.1, 0.15) is 0 Å². The number of nitrogens with two attached hydrogens (primary N) is 1. The highest BCUT2D eigenvalue weighted by Gasteiger charge is 2.37. The predicted molar refractivity (Wildman–Crippen MR) is 66.6 cm³/mol. The first-order valence-electron chi connectivity index (χ1n) is 6.17. The van der Waals surface area contributed by atoms with E-state index >= 15 is 0 Å². The van der Waals surface area contributed by atoms with Gasteiger partial charge in [-0.05, 0) is 25.0 Å². The third-order valence-electron chi connectivity index (χ3n) is 3.58. The maximum Gasteiger partial charge on any atom is 0.244 e. The van der Waals surface area contributed by atoms with Crippen LogP contribution in [0.2, 0.25) is 0 Å². The summed E-state index contributed by atoms with van der Waals surface area (Å²) in [6.07, 6.45) is 3.54. The summed E-state index contributed by atoms with van der Waals surface area (Å²) in [6, 6.07) is 5.35. The Kier molecular flexibility index (Phi) is 2.63. The topological polar surface area (TPSA) is 73.6 Å². The van der Waals surface area contributed by atoms with Crippen molar-refractivity contribution in [3.63, 3.8) is 0 Å². The number of hydrogen-bond acceptors (Lipinski definition) is 4. The number of fused-ring (bicyclic) bond motifs is 1. The van der Waals surface area contributed by atoms with Gasteiger partial charge in [-0.3, -0.25) is 4.79 Å². The molecule has 1 aliphatic heterocycles. The fourth-order valence-electron chi connectivity index (χ4n) is 2.46. The Labute approximate surface area is 105 Å². The average Bonchev–Trinajstić information content (AvgIpc) is 2.98. The number of ether oxygens (including phenoxy) is 2. The second-order valence-electron chi connectivity index (χ2n) is 4.89. The molecule has 1 aromatic rings. The number of hydrogen-bond donors (Lipinski definition) is 2. The van der Waals surface area contributed by atoms with E-state index in [2.05, 4.69) is 5.32 Å². The second-order valence-corrected chi connectivity index (χ2v) is 4.89. The standard InChI is InChI=1S/C13H16N2O3/c14-13(5-1-2-6-13)12(16)15-9-3-4-10-11(7-9)18-8-17-10/h3-4,7H,1-2,5-6,8,14H2,(H,15,16). The Morgan fingerprint density at radius 2 is 1.94 bits per heavy atom. The van der Waals surface area contributed by atoms with Crippen molar-refractivity contribution in [1.82, 2.24) is 0 Å². The number of anilines is 1. The molecule has 0 bridgehead atoms. The van der Waals surface area contributed by atoms with E-state index in [0.717, 1.165) is 25.7 Å². The summed E-state index contributed by atoms with van der Waals surface area (Å²) in [6.45, 7) is 0.230. The first-order valence-corrected chi connectivity index (χ1v) is 6.17. The largest absolute Gasteiger partial charge is 0.454 e. The number of nitrogens with one attached hydrogen (secondary N) is 1. The molecule has 0 spiro atoms. The van der Waals surface area contributed by atoms with Crippen LogP contribution in [0.15, 0.2) is 18.2 Å². The number of amides is 1. The Morgan fingerprint density at radius 1 is 1.22 bits per heavy atom. The van der Waals surface area contributed by atoms with Crippen LogP contribution in [0, 0.1) is 0 Å². The molecule has 0 saturated heterocycles. The van der Waals surface area contributed by atoms with Crippen LogP contribution in [0.1, 0.15) is 25.7 Å². The SMILES string of the molecule is NC1(C(=O)Nc2ccc3c(c2)OCO3)CCCC1. The van der Waals surface area contributed by atoms with Crippen molar-refractivity contribution in [3.8, 4) is 11.5 Å². The first kappa shape index (κ1) is 11.3. The van der Waals surface area contributed by atoms with Gasteiger partial charge in [-0.15, -0.1) is 0 Å². The zero-order valence-corrected chi connectivity index (χ0v) is 10.1. The highest BCUT2D eigenvalue weighted by molar-refractivity contribution is 5.98. The van der Waals surface area contributed by atoms with E-state index in [1.54, 1.807) is 18.2 Å². The molecule has 5 nitrogen and oxygen atoms in total. The van der Waals surface area contributed by atoms with E-state index in [-0.39, 0.29) is 12.7 Å². The molecule has 1 fully saturated rings. The first-order chi connectivity index (χ1) is 8.67. The molecule has 1 aliphatic carbocycles. The smallest absolute Gasteiger partial charge is 0.244 e. The quantitative estimate of drug-likeness (QED) is 0.834. The average molecular weight is 248 g/mol. The highest BCUT2D eigenvalue weighted by Crippen LogP contribution is 2.35. The van der Waals surface area contributed by atoms with Crippen molar-refractivity contribution in [2.75, 3.05) is 12.1 Å². The maximum absolute atomic E-state index is 12.1. The van der Waals surface area contributed by atoms with Crippen LogP contribution in [-0.2, 0) is 4.79 Å². The third kappa shape index (κ3) is 1.90. The van der Waals surface area contributed by atoms with Gasteiger partial charge in [-0.25, -0.2) is 0 Å². The minimum absolute atomic E-state index is 0.112. The number of carbonyl (C=O) groups excluding carboxylic acids is 1. The van der Waals surface area contributed by atoms with E-state index in [9.17, 15) is 4.79 Å². The molecule has 96 valence electrons. The van der Waals surface area contributed by atoms with Crippen LogP contribution in [0.5, 0.6) is 11.5 Å². The van der Waals surface area contributed by atoms with E-state index < -0.39 is 5.54 Å². The predicted octanol–water partition coefficient (Wildman–Crippen LogP) is 1.63. The molecule has 0 aromatic heterocycles. The molecule has 1 heterocycles. The van der Waals surface area contributed by atoms with Crippen molar-refractivity contribution in [2.45, 2.75) is 31.2 Å². The van der Waals surface area contributed by atoms with Crippen LogP contribution < -0.4 is 20.5 Å². The normalized spacial score (nSPS) is 19.8.